The minimum atomic E-state index is -4.81. The van der Waals surface area contributed by atoms with Crippen LogP contribution in [0.3, 0.4) is 0 Å². The Balaban J connectivity index is 1.17. The van der Waals surface area contributed by atoms with Gasteiger partial charge in [0.25, 0.3) is 0 Å². The number of carbonyl (C=O) groups excluding carboxylic acids is 1. The Labute approximate surface area is 225 Å². The lowest BCUT2D eigenvalue weighted by molar-refractivity contribution is -0.274. The number of ether oxygens (including phenoxy) is 1. The van der Waals surface area contributed by atoms with Gasteiger partial charge in [0.15, 0.2) is 0 Å². The van der Waals surface area contributed by atoms with E-state index in [1.165, 1.54) is 18.3 Å². The lowest BCUT2D eigenvalue weighted by Crippen LogP contribution is -2.29. The van der Waals surface area contributed by atoms with E-state index in [9.17, 15) is 22.8 Å². The minimum Gasteiger partial charge on any atom is -0.404 e. The second-order valence-electron chi connectivity index (χ2n) is 8.51. The van der Waals surface area contributed by atoms with Crippen LogP contribution in [0.5, 0.6) is 5.75 Å². The number of halogens is 4. The maximum absolute atomic E-state index is 12.3. The zero-order valence-electron chi connectivity index (χ0n) is 20.5. The van der Waals surface area contributed by atoms with Crippen LogP contribution in [-0.2, 0) is 11.3 Å². The summed E-state index contributed by atoms with van der Waals surface area (Å²) < 4.78 is 40.8. The van der Waals surface area contributed by atoms with Gasteiger partial charge in [0.2, 0.25) is 5.91 Å². The smallest absolute Gasteiger partial charge is 0.404 e. The Morgan fingerprint density at radius 1 is 1.10 bits per heavy atom. The topological polar surface area (TPSA) is 137 Å². The van der Waals surface area contributed by atoms with Crippen LogP contribution in [-0.4, -0.2) is 52.1 Å². The second kappa shape index (κ2) is 12.6. The molecule has 0 unspecified atom stereocenters. The number of fused-ring (bicyclic) bond motifs is 1. The molecule has 14 heteroatoms. The van der Waals surface area contributed by atoms with E-state index in [2.05, 4.69) is 40.9 Å². The first kappa shape index (κ1) is 27.9. The van der Waals surface area contributed by atoms with Gasteiger partial charge in [-0.3, -0.25) is 9.89 Å². The molecule has 0 saturated carbocycles. The number of hydrogen-bond donors (Lipinski definition) is 5. The van der Waals surface area contributed by atoms with Crippen LogP contribution < -0.4 is 26.4 Å². The molecule has 0 aliphatic heterocycles. The second-order valence-corrected chi connectivity index (χ2v) is 8.92. The Morgan fingerprint density at radius 2 is 1.95 bits per heavy atom. The first-order valence-electron chi connectivity index (χ1n) is 12.0. The Bertz CT molecular complexity index is 1490. The first-order valence-corrected chi connectivity index (χ1v) is 12.3. The molecule has 4 rings (SSSR count). The highest BCUT2D eigenvalue weighted by Gasteiger charge is 2.32. The van der Waals surface area contributed by atoms with Crippen LogP contribution in [0.15, 0.2) is 53.6 Å². The van der Waals surface area contributed by atoms with Gasteiger partial charge in [-0.2, -0.15) is 5.10 Å². The first-order chi connectivity index (χ1) is 18.7. The average molecular weight is 564 g/mol. The summed E-state index contributed by atoms with van der Waals surface area (Å²) >= 11 is 5.84. The number of nitrogens with one attached hydrogen (secondary N) is 5. The largest absolute Gasteiger partial charge is 0.573 e. The molecule has 0 atom stereocenters. The normalized spacial score (nSPS) is 11.5. The quantitative estimate of drug-likeness (QED) is 0.165. The van der Waals surface area contributed by atoms with Crippen LogP contribution in [0.25, 0.3) is 22.2 Å². The van der Waals surface area contributed by atoms with E-state index in [0.29, 0.717) is 43.9 Å². The van der Waals surface area contributed by atoms with E-state index in [1.807, 2.05) is 12.1 Å². The van der Waals surface area contributed by atoms with Gasteiger partial charge in [-0.05, 0) is 42.3 Å². The van der Waals surface area contributed by atoms with Gasteiger partial charge in [-0.25, -0.2) is 9.78 Å². The van der Waals surface area contributed by atoms with Crippen molar-refractivity contribution in [3.05, 3.63) is 69.9 Å². The van der Waals surface area contributed by atoms with Crippen molar-refractivity contribution in [3.63, 3.8) is 0 Å². The van der Waals surface area contributed by atoms with Crippen LogP contribution in [0.2, 0.25) is 5.02 Å². The summed E-state index contributed by atoms with van der Waals surface area (Å²) in [6.07, 6.45) is -0.754. The van der Waals surface area contributed by atoms with Gasteiger partial charge in [0.05, 0.1) is 22.4 Å². The zero-order chi connectivity index (χ0) is 27.8. The molecule has 2 heterocycles. The molecular weight excluding hydrogens is 539 g/mol. The van der Waals surface area contributed by atoms with Gasteiger partial charge in [-0.1, -0.05) is 17.7 Å². The molecular formula is C25H25ClF3N7O3. The molecule has 4 aromatic rings. The van der Waals surface area contributed by atoms with E-state index < -0.39 is 17.8 Å². The maximum Gasteiger partial charge on any atom is 0.573 e. The monoisotopic (exact) mass is 563 g/mol. The highest BCUT2D eigenvalue weighted by molar-refractivity contribution is 6.32. The van der Waals surface area contributed by atoms with Crippen molar-refractivity contribution >= 4 is 34.1 Å². The SMILES string of the molecule is O=C(CCNCc1ccc(OC(F)(F)F)c(Cl)c1)NCCCNc1cc(-c2ccnc(=O)[nH]2)cc2[nH]ncc12. The van der Waals surface area contributed by atoms with Gasteiger partial charge in [-0.15, -0.1) is 13.2 Å². The van der Waals surface area contributed by atoms with Crippen molar-refractivity contribution < 1.29 is 22.7 Å². The van der Waals surface area contributed by atoms with E-state index in [0.717, 1.165) is 28.2 Å². The van der Waals surface area contributed by atoms with Crippen LogP contribution in [0.1, 0.15) is 18.4 Å². The summed E-state index contributed by atoms with van der Waals surface area (Å²) in [5, 5.41) is 17.0. The number of carbonyl (C=O) groups is 1. The molecule has 206 valence electrons. The number of hydrogen-bond acceptors (Lipinski definition) is 7. The molecule has 39 heavy (non-hydrogen) atoms. The van der Waals surface area contributed by atoms with Crippen molar-refractivity contribution in [3.8, 4) is 17.0 Å². The molecule has 0 aliphatic rings. The van der Waals surface area contributed by atoms with E-state index in [4.69, 9.17) is 11.6 Å². The fraction of sp³-hybridized carbons (Fsp3) is 0.280. The predicted molar refractivity (Wildman–Crippen MR) is 141 cm³/mol. The number of aromatic amines is 2. The van der Waals surface area contributed by atoms with Crippen molar-refractivity contribution in [2.45, 2.75) is 25.7 Å². The minimum absolute atomic E-state index is 0.129. The van der Waals surface area contributed by atoms with Gasteiger partial charge in [0.1, 0.15) is 5.75 Å². The molecule has 10 nitrogen and oxygen atoms in total. The maximum atomic E-state index is 12.3. The van der Waals surface area contributed by atoms with E-state index >= 15 is 0 Å². The number of nitrogens with zero attached hydrogens (tertiary/aromatic N) is 2. The molecule has 0 radical (unpaired) electrons. The molecule has 0 bridgehead atoms. The Morgan fingerprint density at radius 3 is 2.72 bits per heavy atom. The standard InChI is InChI=1S/C25H25ClF3N7O3/c26-18-10-15(2-3-22(18)39-25(27,28)29)13-30-8-5-23(37)32-7-1-6-31-20-11-16(12-21-17(20)14-34-36-21)19-4-9-33-24(38)35-19/h2-4,9-12,14,30-31H,1,5-8,13H2,(H,32,37)(H,34,36)(H,33,35,38). The number of H-pyrrole nitrogens is 2. The third-order valence-corrected chi connectivity index (χ3v) is 5.91. The van der Waals surface area contributed by atoms with E-state index in [-0.39, 0.29) is 17.4 Å². The van der Waals surface area contributed by atoms with Crippen molar-refractivity contribution in [2.24, 2.45) is 0 Å². The third-order valence-electron chi connectivity index (χ3n) is 5.62. The molecule has 0 spiro atoms. The van der Waals surface area contributed by atoms with Crippen molar-refractivity contribution in [1.29, 1.82) is 0 Å². The summed E-state index contributed by atoms with van der Waals surface area (Å²) in [4.78, 5) is 30.1. The Hall–Kier alpha value is -4.10. The molecule has 0 saturated heterocycles. The van der Waals surface area contributed by atoms with Crippen molar-refractivity contribution in [1.82, 2.24) is 30.8 Å². The van der Waals surface area contributed by atoms with Gasteiger partial charge >= 0.3 is 12.1 Å². The molecule has 0 fully saturated rings. The summed E-state index contributed by atoms with van der Waals surface area (Å²) in [6.45, 7) is 1.76. The zero-order valence-corrected chi connectivity index (χ0v) is 21.2. The number of aromatic nitrogens is 4. The molecule has 1 amide bonds. The van der Waals surface area contributed by atoms with Gasteiger partial charge < -0.3 is 25.7 Å². The molecule has 5 N–H and O–H groups in total. The summed E-state index contributed by atoms with van der Waals surface area (Å²) in [5.41, 5.74) is 3.29. The number of rotatable bonds is 12. The van der Waals surface area contributed by atoms with Crippen LogP contribution in [0.4, 0.5) is 18.9 Å². The summed E-state index contributed by atoms with van der Waals surface area (Å²) in [5.74, 6) is -0.593. The van der Waals surface area contributed by atoms with Crippen LogP contribution >= 0.6 is 11.6 Å². The number of benzene rings is 2. The lowest BCUT2D eigenvalue weighted by atomic mass is 10.1. The fourth-order valence-electron chi connectivity index (χ4n) is 3.81. The average Bonchev–Trinajstić information content (AvgIpc) is 3.36. The number of anilines is 1. The summed E-state index contributed by atoms with van der Waals surface area (Å²) in [6, 6.07) is 9.52. The highest BCUT2D eigenvalue weighted by Crippen LogP contribution is 2.31. The van der Waals surface area contributed by atoms with E-state index in [1.54, 1.807) is 12.3 Å². The predicted octanol–water partition coefficient (Wildman–Crippen LogP) is 3.96. The number of amides is 1. The lowest BCUT2D eigenvalue weighted by Gasteiger charge is -2.12. The molecule has 0 aliphatic carbocycles. The van der Waals surface area contributed by atoms with Crippen molar-refractivity contribution in [2.75, 3.05) is 25.0 Å². The molecule has 2 aromatic heterocycles. The Kier molecular flexibility index (Phi) is 9.04. The highest BCUT2D eigenvalue weighted by atomic mass is 35.5. The third kappa shape index (κ3) is 8.19. The fourth-order valence-corrected chi connectivity index (χ4v) is 4.06. The summed E-state index contributed by atoms with van der Waals surface area (Å²) in [7, 11) is 0. The van der Waals surface area contributed by atoms with Gasteiger partial charge in [0, 0.05) is 55.4 Å². The van der Waals surface area contributed by atoms with Crippen LogP contribution in [0, 0.1) is 0 Å². The number of alkyl halides is 3. The molecule has 2 aromatic carbocycles.